The highest BCUT2D eigenvalue weighted by molar-refractivity contribution is 5.93. The van der Waals surface area contributed by atoms with E-state index in [2.05, 4.69) is 6.58 Å². The minimum Gasteiger partial charge on any atom is -0.459 e. The number of rotatable bonds is 11. The molecule has 0 radical (unpaired) electrons. The van der Waals surface area contributed by atoms with Crippen LogP contribution in [0.25, 0.3) is 0 Å². The number of aliphatic hydroxyl groups is 2. The zero-order valence-corrected chi connectivity index (χ0v) is 19.4. The van der Waals surface area contributed by atoms with Crippen LogP contribution in [-0.2, 0) is 19.1 Å². The summed E-state index contributed by atoms with van der Waals surface area (Å²) in [6, 6.07) is 0. The minimum absolute atomic E-state index is 0.0301. The number of aliphatic hydroxyl groups excluding tert-OH is 2. The van der Waals surface area contributed by atoms with Crippen LogP contribution < -0.4 is 0 Å². The molecule has 2 saturated carbocycles. The summed E-state index contributed by atoms with van der Waals surface area (Å²) in [7, 11) is 0. The Morgan fingerprint density at radius 3 is 1.65 bits per heavy atom. The molecule has 31 heavy (non-hydrogen) atoms. The van der Waals surface area contributed by atoms with Crippen LogP contribution in [0.3, 0.4) is 0 Å². The van der Waals surface area contributed by atoms with Crippen LogP contribution in [0.5, 0.6) is 0 Å². The summed E-state index contributed by atoms with van der Waals surface area (Å²) in [5.74, 6) is -0.911. The van der Waals surface area contributed by atoms with Crippen molar-refractivity contribution in [3.63, 3.8) is 0 Å². The van der Waals surface area contributed by atoms with E-state index in [1.165, 1.54) is 12.8 Å². The average molecular weight is 439 g/mol. The van der Waals surface area contributed by atoms with Crippen molar-refractivity contribution in [1.82, 2.24) is 0 Å². The van der Waals surface area contributed by atoms with Crippen molar-refractivity contribution in [2.24, 2.45) is 11.8 Å². The Morgan fingerprint density at radius 1 is 0.806 bits per heavy atom. The topological polar surface area (TPSA) is 93.1 Å². The molecule has 6 nitrogen and oxygen atoms in total. The Kier molecular flexibility index (Phi) is 11.0. The second-order valence-corrected chi connectivity index (χ2v) is 9.35. The second kappa shape index (κ2) is 13.2. The minimum atomic E-state index is -0.720. The molecule has 0 aromatic rings. The third-order valence-electron chi connectivity index (χ3n) is 6.98. The van der Waals surface area contributed by atoms with Crippen LogP contribution in [0.15, 0.2) is 12.2 Å². The normalized spacial score (nSPS) is 22.2. The van der Waals surface area contributed by atoms with Gasteiger partial charge in [0.2, 0.25) is 0 Å². The highest BCUT2D eigenvalue weighted by Gasteiger charge is 2.34. The van der Waals surface area contributed by atoms with Crippen molar-refractivity contribution in [3.05, 3.63) is 12.2 Å². The molecular formula is C25H42O6. The SMILES string of the molecule is C=C(CC(=O)OC(C(O)CC)C1CCCCC1)C(=O)OC(C(O)CC)C1CCCCC1. The van der Waals surface area contributed by atoms with E-state index < -0.39 is 36.4 Å². The van der Waals surface area contributed by atoms with Crippen molar-refractivity contribution >= 4 is 11.9 Å². The zero-order valence-electron chi connectivity index (χ0n) is 19.4. The first-order valence-electron chi connectivity index (χ1n) is 12.3. The Balaban J connectivity index is 1.93. The lowest BCUT2D eigenvalue weighted by Crippen LogP contribution is -2.40. The Labute approximate surface area is 187 Å². The van der Waals surface area contributed by atoms with Crippen LogP contribution in [0.2, 0.25) is 0 Å². The lowest BCUT2D eigenvalue weighted by Gasteiger charge is -2.33. The first kappa shape index (κ1) is 25.9. The summed E-state index contributed by atoms with van der Waals surface area (Å²) >= 11 is 0. The number of hydrogen-bond acceptors (Lipinski definition) is 6. The molecule has 0 heterocycles. The predicted octanol–water partition coefficient (Wildman–Crippen LogP) is 4.46. The number of carbonyl (C=O) groups is 2. The standard InChI is InChI=1S/C25H42O6/c1-4-20(26)23(18-12-8-6-9-13-18)30-22(28)16-17(3)25(29)31-24(21(27)5-2)19-14-10-7-11-15-19/h18-21,23-24,26-27H,3-16H2,1-2H3. The van der Waals surface area contributed by atoms with Crippen molar-refractivity contribution < 1.29 is 29.3 Å². The number of carbonyl (C=O) groups excluding carboxylic acids is 2. The van der Waals surface area contributed by atoms with Gasteiger partial charge >= 0.3 is 11.9 Å². The molecule has 2 aliphatic carbocycles. The number of hydrogen-bond donors (Lipinski definition) is 2. The predicted molar refractivity (Wildman–Crippen MR) is 119 cm³/mol. The highest BCUT2D eigenvalue weighted by atomic mass is 16.6. The summed E-state index contributed by atoms with van der Waals surface area (Å²) in [6.07, 6.45) is 8.61. The van der Waals surface area contributed by atoms with E-state index in [4.69, 9.17) is 9.47 Å². The highest BCUT2D eigenvalue weighted by Crippen LogP contribution is 2.32. The number of esters is 2. The van der Waals surface area contributed by atoms with Crippen molar-refractivity contribution in [2.75, 3.05) is 0 Å². The molecule has 4 unspecified atom stereocenters. The van der Waals surface area contributed by atoms with E-state index in [1.54, 1.807) is 0 Å². The maximum Gasteiger partial charge on any atom is 0.334 e. The Morgan fingerprint density at radius 2 is 1.23 bits per heavy atom. The molecule has 0 amide bonds. The quantitative estimate of drug-likeness (QED) is 0.365. The first-order valence-corrected chi connectivity index (χ1v) is 12.3. The summed E-state index contributed by atoms with van der Waals surface area (Å²) in [5.41, 5.74) is 0.0301. The van der Waals surface area contributed by atoms with Crippen LogP contribution >= 0.6 is 0 Å². The van der Waals surface area contributed by atoms with Crippen molar-refractivity contribution in [3.8, 4) is 0 Å². The van der Waals surface area contributed by atoms with E-state index in [0.717, 1.165) is 51.4 Å². The van der Waals surface area contributed by atoms with Gasteiger partial charge in [-0.1, -0.05) is 59.0 Å². The van der Waals surface area contributed by atoms with Gasteiger partial charge in [-0.3, -0.25) is 4.79 Å². The van der Waals surface area contributed by atoms with Gasteiger partial charge in [0, 0.05) is 5.57 Å². The molecule has 0 aromatic heterocycles. The Bertz CT molecular complexity index is 577. The molecule has 2 aliphatic rings. The van der Waals surface area contributed by atoms with E-state index in [-0.39, 0.29) is 23.8 Å². The molecule has 0 saturated heterocycles. The molecule has 6 heteroatoms. The largest absolute Gasteiger partial charge is 0.459 e. The maximum absolute atomic E-state index is 12.6. The van der Waals surface area contributed by atoms with Crippen LogP contribution in [0.4, 0.5) is 0 Å². The van der Waals surface area contributed by atoms with Crippen LogP contribution in [0.1, 0.15) is 97.3 Å². The molecule has 0 bridgehead atoms. The van der Waals surface area contributed by atoms with E-state index in [9.17, 15) is 19.8 Å². The fourth-order valence-corrected chi connectivity index (χ4v) is 5.01. The van der Waals surface area contributed by atoms with E-state index >= 15 is 0 Å². The molecule has 2 fully saturated rings. The summed E-state index contributed by atoms with van der Waals surface area (Å²) in [6.45, 7) is 7.48. The van der Waals surface area contributed by atoms with Gasteiger partial charge in [0.1, 0.15) is 12.2 Å². The molecule has 4 atom stereocenters. The summed E-state index contributed by atoms with van der Waals surface area (Å²) in [5, 5.41) is 20.8. The van der Waals surface area contributed by atoms with Gasteiger partial charge in [-0.05, 0) is 50.4 Å². The third-order valence-corrected chi connectivity index (χ3v) is 6.98. The lowest BCUT2D eigenvalue weighted by atomic mass is 9.82. The van der Waals surface area contributed by atoms with Crippen LogP contribution in [-0.4, -0.2) is 46.6 Å². The monoisotopic (exact) mass is 438 g/mol. The van der Waals surface area contributed by atoms with Gasteiger partial charge in [-0.2, -0.15) is 0 Å². The van der Waals surface area contributed by atoms with Crippen LogP contribution in [0, 0.1) is 11.8 Å². The Hall–Kier alpha value is -1.40. The molecule has 0 aromatic carbocycles. The molecule has 0 aliphatic heterocycles. The van der Waals surface area contributed by atoms with E-state index in [1.807, 2.05) is 13.8 Å². The molecule has 0 spiro atoms. The van der Waals surface area contributed by atoms with E-state index in [0.29, 0.717) is 12.8 Å². The summed E-state index contributed by atoms with van der Waals surface area (Å²) in [4.78, 5) is 25.2. The van der Waals surface area contributed by atoms with Gasteiger partial charge in [0.15, 0.2) is 0 Å². The molecule has 2 rings (SSSR count). The molecular weight excluding hydrogens is 396 g/mol. The first-order chi connectivity index (χ1) is 14.9. The van der Waals surface area contributed by atoms with Gasteiger partial charge < -0.3 is 19.7 Å². The molecule has 178 valence electrons. The fourth-order valence-electron chi connectivity index (χ4n) is 5.01. The fraction of sp³-hybridized carbons (Fsp3) is 0.840. The lowest BCUT2D eigenvalue weighted by molar-refractivity contribution is -0.163. The molecule has 2 N–H and O–H groups in total. The smallest absolute Gasteiger partial charge is 0.334 e. The maximum atomic E-state index is 12.6. The van der Waals surface area contributed by atoms with Gasteiger partial charge in [0.05, 0.1) is 18.6 Å². The van der Waals surface area contributed by atoms with Gasteiger partial charge in [0.25, 0.3) is 0 Å². The average Bonchev–Trinajstić information content (AvgIpc) is 2.80. The second-order valence-electron chi connectivity index (χ2n) is 9.35. The summed E-state index contributed by atoms with van der Waals surface area (Å²) < 4.78 is 11.3. The number of ether oxygens (including phenoxy) is 2. The zero-order chi connectivity index (χ0) is 22.8. The van der Waals surface area contributed by atoms with Crippen molar-refractivity contribution in [2.45, 2.75) is 122 Å². The van der Waals surface area contributed by atoms with Gasteiger partial charge in [-0.15, -0.1) is 0 Å². The third kappa shape index (κ3) is 7.90. The van der Waals surface area contributed by atoms with Gasteiger partial charge in [-0.25, -0.2) is 4.79 Å². The van der Waals surface area contributed by atoms with Crippen molar-refractivity contribution in [1.29, 1.82) is 0 Å².